The first-order valence-electron chi connectivity index (χ1n) is 17.4. The van der Waals surface area contributed by atoms with Crippen molar-refractivity contribution < 1.29 is 98.5 Å². The zero-order valence-corrected chi connectivity index (χ0v) is 30.6. The van der Waals surface area contributed by atoms with Crippen LogP contribution in [0.3, 0.4) is 0 Å². The van der Waals surface area contributed by atoms with Crippen molar-refractivity contribution in [1.82, 2.24) is 0 Å². The molecule has 0 aliphatic carbocycles. The summed E-state index contributed by atoms with van der Waals surface area (Å²) in [5, 5.41) is 115. The average Bonchev–Trinajstić information content (AvgIpc) is 3.20. The molecule has 2 saturated heterocycles. The summed E-state index contributed by atoms with van der Waals surface area (Å²) in [5.74, 6) is -3.36. The summed E-state index contributed by atoms with van der Waals surface area (Å²) in [4.78, 5) is 12.7. The number of carbonyl (C=O) groups is 1. The Balaban J connectivity index is 1.15. The number of fused-ring (bicyclic) bond motifs is 1. The molecule has 4 aromatic rings. The first kappa shape index (κ1) is 41.9. The second-order valence-electron chi connectivity index (χ2n) is 13.2. The third kappa shape index (κ3) is 8.60. The molecule has 0 radical (unpaired) electrons. The van der Waals surface area contributed by atoms with E-state index in [0.717, 1.165) is 24.3 Å². The van der Waals surface area contributed by atoms with Crippen molar-refractivity contribution in [3.63, 3.8) is 0 Å². The predicted octanol–water partition coefficient (Wildman–Crippen LogP) is 0.193. The van der Waals surface area contributed by atoms with Gasteiger partial charge in [-0.05, 0) is 35.9 Å². The average molecular weight is 818 g/mol. The molecule has 20 heteroatoms. The van der Waals surface area contributed by atoms with Crippen LogP contribution < -0.4 is 14.2 Å². The zero-order valence-electron chi connectivity index (χ0n) is 30.6. The number of esters is 1. The Bertz CT molecular complexity index is 2110. The molecule has 312 valence electrons. The molecular weight excluding hydrogens is 776 g/mol. The number of aromatic hydroxyl groups is 5. The lowest BCUT2D eigenvalue weighted by atomic mass is 9.98. The Hall–Kier alpha value is -5.68. The molecule has 11 N–H and O–H groups in total. The largest absolute Gasteiger partial charge is 0.507 e. The molecular formula is C38H41O20+. The summed E-state index contributed by atoms with van der Waals surface area (Å²) >= 11 is 0. The Morgan fingerprint density at radius 1 is 0.741 bits per heavy atom. The van der Waals surface area contributed by atoms with Crippen molar-refractivity contribution in [3.05, 3.63) is 60.2 Å². The van der Waals surface area contributed by atoms with Gasteiger partial charge in [-0.15, -0.1) is 0 Å². The van der Waals surface area contributed by atoms with Gasteiger partial charge < -0.3 is 89.3 Å². The van der Waals surface area contributed by atoms with Crippen molar-refractivity contribution in [1.29, 1.82) is 0 Å². The van der Waals surface area contributed by atoms with Crippen molar-refractivity contribution in [2.75, 3.05) is 27.4 Å². The van der Waals surface area contributed by atoms with Gasteiger partial charge >= 0.3 is 17.3 Å². The smallest absolute Gasteiger partial charge is 0.402 e. The highest BCUT2D eigenvalue weighted by molar-refractivity contribution is 5.89. The second-order valence-corrected chi connectivity index (χ2v) is 13.2. The minimum atomic E-state index is -1.93. The van der Waals surface area contributed by atoms with Gasteiger partial charge in [-0.2, -0.15) is 0 Å². The number of methoxy groups -OCH3 is 2. The van der Waals surface area contributed by atoms with E-state index in [1.807, 2.05) is 0 Å². The number of hydrogen-bond donors (Lipinski definition) is 11. The van der Waals surface area contributed by atoms with Gasteiger partial charge in [0.2, 0.25) is 17.8 Å². The van der Waals surface area contributed by atoms with Crippen LogP contribution in [0.4, 0.5) is 0 Å². The number of aliphatic hydroxyl groups is 6. The van der Waals surface area contributed by atoms with Crippen LogP contribution in [-0.2, 0) is 23.7 Å². The van der Waals surface area contributed by atoms with E-state index in [-0.39, 0.29) is 51.0 Å². The van der Waals surface area contributed by atoms with E-state index in [4.69, 9.17) is 37.6 Å². The van der Waals surface area contributed by atoms with Gasteiger partial charge in [0.15, 0.2) is 35.4 Å². The highest BCUT2D eigenvalue weighted by Gasteiger charge is 2.49. The van der Waals surface area contributed by atoms with Crippen LogP contribution in [0.15, 0.2) is 59.0 Å². The lowest BCUT2D eigenvalue weighted by Crippen LogP contribution is -2.62. The molecule has 0 saturated carbocycles. The van der Waals surface area contributed by atoms with Gasteiger partial charge in [-0.1, -0.05) is 0 Å². The molecule has 3 heterocycles. The van der Waals surface area contributed by atoms with Gasteiger partial charge in [-0.25, -0.2) is 9.21 Å². The van der Waals surface area contributed by atoms with E-state index in [1.165, 1.54) is 50.6 Å². The van der Waals surface area contributed by atoms with E-state index in [2.05, 4.69) is 0 Å². The third-order valence-electron chi connectivity index (χ3n) is 9.38. The maximum Gasteiger partial charge on any atom is 0.402 e. The third-order valence-corrected chi connectivity index (χ3v) is 9.38. The molecule has 10 unspecified atom stereocenters. The van der Waals surface area contributed by atoms with E-state index in [9.17, 15) is 61.0 Å². The molecule has 20 nitrogen and oxygen atoms in total. The minimum Gasteiger partial charge on any atom is -0.507 e. The number of phenols is 5. The molecule has 2 aliphatic heterocycles. The number of ether oxygens (including phenoxy) is 7. The quantitative estimate of drug-likeness (QED) is 0.0393. The molecule has 0 spiro atoms. The highest BCUT2D eigenvalue weighted by Crippen LogP contribution is 2.42. The summed E-state index contributed by atoms with van der Waals surface area (Å²) in [7, 11) is 2.63. The zero-order chi connectivity index (χ0) is 42.0. The first-order valence-corrected chi connectivity index (χ1v) is 17.4. The van der Waals surface area contributed by atoms with Crippen molar-refractivity contribution >= 4 is 23.0 Å². The fourth-order valence-corrected chi connectivity index (χ4v) is 6.29. The number of rotatable bonds is 12. The monoisotopic (exact) mass is 817 g/mol. The van der Waals surface area contributed by atoms with E-state index in [0.29, 0.717) is 5.56 Å². The van der Waals surface area contributed by atoms with Crippen molar-refractivity contribution in [2.24, 2.45) is 0 Å². The number of phenolic OH excluding ortho intramolecular Hbond substituents is 5. The molecule has 58 heavy (non-hydrogen) atoms. The summed E-state index contributed by atoms with van der Waals surface area (Å²) in [6, 6.07) is 9.85. The fraction of sp³-hybridized carbons (Fsp3) is 0.368. The maximum absolute atomic E-state index is 12.7. The second kappa shape index (κ2) is 17.4. The van der Waals surface area contributed by atoms with Crippen molar-refractivity contribution in [2.45, 2.75) is 61.4 Å². The maximum atomic E-state index is 12.7. The number of aliphatic hydroxyl groups excluding tert-OH is 6. The van der Waals surface area contributed by atoms with Crippen LogP contribution in [0.25, 0.3) is 28.4 Å². The fourth-order valence-electron chi connectivity index (χ4n) is 6.29. The summed E-state index contributed by atoms with van der Waals surface area (Å²) in [5.41, 5.74) is 0.428. The Morgan fingerprint density at radius 3 is 2.07 bits per heavy atom. The van der Waals surface area contributed by atoms with E-state index in [1.54, 1.807) is 0 Å². The van der Waals surface area contributed by atoms with Crippen LogP contribution in [0.1, 0.15) is 5.56 Å². The Morgan fingerprint density at radius 2 is 1.41 bits per heavy atom. The lowest BCUT2D eigenvalue weighted by molar-refractivity contribution is -0.323. The van der Waals surface area contributed by atoms with E-state index < -0.39 is 97.8 Å². The van der Waals surface area contributed by atoms with Crippen molar-refractivity contribution in [3.8, 4) is 57.3 Å². The molecule has 6 rings (SSSR count). The predicted molar refractivity (Wildman–Crippen MR) is 194 cm³/mol. The van der Waals surface area contributed by atoms with Crippen LogP contribution in [0.2, 0.25) is 0 Å². The normalized spacial score (nSPS) is 27.4. The summed E-state index contributed by atoms with van der Waals surface area (Å²) in [6.07, 6.45) is -15.3. The molecule has 2 aliphatic rings. The number of benzene rings is 3. The SMILES string of the molecule is COc1cc(/C=C/C(=O)OC2C(CO)OC(OCC3OC(Oc4cc5c(O)cc(O)cc5[o+]c4-c4ccc(O)c(O)c4)C(O)C(O)C3O)C(O)C2O)cc(OC)c1O. The minimum absolute atomic E-state index is 0.0180. The summed E-state index contributed by atoms with van der Waals surface area (Å²) < 4.78 is 44.2. The van der Waals surface area contributed by atoms with Crippen LogP contribution in [0.5, 0.6) is 46.0 Å². The standard InChI is InChI=1S/C38H40O20/c1-51-23-7-15(8-24(52-2)29(23)45)3-6-28(44)58-36-26(13-39)56-37(34(50)32(36)48)53-14-27-30(46)31(47)33(49)38(57-27)55-25-12-18-20(42)10-17(40)11-22(18)54-35(25)16-4-5-19(41)21(43)9-16/h3-12,26-27,30-34,36-39,46-50H,13-14H2,1-2H3,(H4-,40,41,42,43,44,45)/p+1. The topological polar surface area (TPSA) is 316 Å². The first-order chi connectivity index (χ1) is 27.6. The van der Waals surface area contributed by atoms with Gasteiger partial charge in [-0.3, -0.25) is 0 Å². The lowest BCUT2D eigenvalue weighted by Gasteiger charge is -2.43. The van der Waals surface area contributed by atoms with Crippen LogP contribution in [-0.4, -0.2) is 151 Å². The van der Waals surface area contributed by atoms with Gasteiger partial charge in [0.05, 0.1) is 39.1 Å². The molecule has 0 amide bonds. The molecule has 10 atom stereocenters. The van der Waals surface area contributed by atoms with Gasteiger partial charge in [0.25, 0.3) is 0 Å². The number of carbonyl (C=O) groups excluding carboxylic acids is 1. The number of hydrogen-bond acceptors (Lipinski definition) is 19. The van der Waals surface area contributed by atoms with E-state index >= 15 is 0 Å². The molecule has 2 fully saturated rings. The van der Waals surface area contributed by atoms with Gasteiger partial charge in [0, 0.05) is 24.3 Å². The van der Waals surface area contributed by atoms with Gasteiger partial charge in [0.1, 0.15) is 59.6 Å². The molecule has 0 bridgehead atoms. The highest BCUT2D eigenvalue weighted by atomic mass is 16.7. The molecule has 3 aromatic carbocycles. The van der Waals surface area contributed by atoms with Crippen LogP contribution in [0, 0.1) is 0 Å². The Kier molecular flexibility index (Phi) is 12.6. The van der Waals surface area contributed by atoms with Crippen LogP contribution >= 0.6 is 0 Å². The summed E-state index contributed by atoms with van der Waals surface area (Å²) in [6.45, 7) is -1.51. The molecule has 1 aromatic heterocycles. The Labute approximate surface area is 327 Å².